The summed E-state index contributed by atoms with van der Waals surface area (Å²) in [6.45, 7) is 5.89. The SMILES string of the molecule is CCCOc1ccccc1C(NCC)c1cc(Br)c(Br)s1. The summed E-state index contributed by atoms with van der Waals surface area (Å²) in [5, 5.41) is 3.56. The Morgan fingerprint density at radius 3 is 2.62 bits per heavy atom. The highest BCUT2D eigenvalue weighted by molar-refractivity contribution is 9.13. The van der Waals surface area contributed by atoms with E-state index in [4.69, 9.17) is 4.74 Å². The van der Waals surface area contributed by atoms with Crippen molar-refractivity contribution in [2.24, 2.45) is 0 Å². The van der Waals surface area contributed by atoms with Crippen LogP contribution in [0.1, 0.15) is 36.8 Å². The molecule has 114 valence electrons. The number of ether oxygens (including phenoxy) is 1. The number of hydrogen-bond donors (Lipinski definition) is 1. The van der Waals surface area contributed by atoms with Gasteiger partial charge in [0.1, 0.15) is 5.75 Å². The lowest BCUT2D eigenvalue weighted by molar-refractivity contribution is 0.312. The molecule has 0 bridgehead atoms. The highest BCUT2D eigenvalue weighted by atomic mass is 79.9. The molecule has 1 atom stereocenters. The van der Waals surface area contributed by atoms with Crippen molar-refractivity contribution in [2.45, 2.75) is 26.3 Å². The van der Waals surface area contributed by atoms with Crippen LogP contribution in [0.15, 0.2) is 38.6 Å². The van der Waals surface area contributed by atoms with Crippen molar-refractivity contribution in [3.8, 4) is 5.75 Å². The van der Waals surface area contributed by atoms with Crippen molar-refractivity contribution in [3.05, 3.63) is 49.0 Å². The quantitative estimate of drug-likeness (QED) is 0.600. The lowest BCUT2D eigenvalue weighted by Crippen LogP contribution is -2.21. The zero-order valence-electron chi connectivity index (χ0n) is 12.2. The molecule has 1 aromatic carbocycles. The number of thiophene rings is 1. The molecule has 0 saturated heterocycles. The number of halogens is 2. The average molecular weight is 433 g/mol. The second-order valence-electron chi connectivity index (χ2n) is 4.65. The van der Waals surface area contributed by atoms with Gasteiger partial charge in [0.05, 0.1) is 16.4 Å². The van der Waals surface area contributed by atoms with E-state index < -0.39 is 0 Å². The van der Waals surface area contributed by atoms with Crippen molar-refractivity contribution in [2.75, 3.05) is 13.2 Å². The third-order valence-electron chi connectivity index (χ3n) is 3.05. The predicted octanol–water partition coefficient (Wildman–Crippen LogP) is 5.76. The number of nitrogens with one attached hydrogen (secondary N) is 1. The van der Waals surface area contributed by atoms with E-state index in [2.05, 4.69) is 69.2 Å². The summed E-state index contributed by atoms with van der Waals surface area (Å²) in [5.41, 5.74) is 1.19. The standard InChI is InChI=1S/C16H19Br2NOS/c1-3-9-20-13-8-6-5-7-11(13)15(19-4-2)14-10-12(17)16(18)21-14/h5-8,10,15,19H,3-4,9H2,1-2H3. The Balaban J connectivity index is 2.38. The molecule has 1 aromatic heterocycles. The summed E-state index contributed by atoms with van der Waals surface area (Å²) in [6.07, 6.45) is 1.01. The maximum absolute atomic E-state index is 5.91. The molecular weight excluding hydrogens is 414 g/mol. The molecule has 0 spiro atoms. The van der Waals surface area contributed by atoms with Gasteiger partial charge in [0, 0.05) is 14.9 Å². The van der Waals surface area contributed by atoms with Gasteiger partial charge in [-0.05, 0) is 57.0 Å². The summed E-state index contributed by atoms with van der Waals surface area (Å²) in [5.74, 6) is 0.964. The number of hydrogen-bond acceptors (Lipinski definition) is 3. The van der Waals surface area contributed by atoms with Crippen LogP contribution >= 0.6 is 43.2 Å². The third kappa shape index (κ3) is 4.31. The van der Waals surface area contributed by atoms with E-state index in [1.54, 1.807) is 11.3 Å². The van der Waals surface area contributed by atoms with Crippen molar-refractivity contribution in [1.82, 2.24) is 5.32 Å². The summed E-state index contributed by atoms with van der Waals surface area (Å²) in [6, 6.07) is 10.6. The molecule has 2 nitrogen and oxygen atoms in total. The molecule has 0 aliphatic carbocycles. The minimum Gasteiger partial charge on any atom is -0.493 e. The fourth-order valence-corrected chi connectivity index (χ4v) is 4.32. The molecule has 0 fully saturated rings. The fourth-order valence-electron chi connectivity index (χ4n) is 2.14. The summed E-state index contributed by atoms with van der Waals surface area (Å²) >= 11 is 8.90. The summed E-state index contributed by atoms with van der Waals surface area (Å²) < 4.78 is 8.13. The van der Waals surface area contributed by atoms with Crippen LogP contribution in [0.2, 0.25) is 0 Å². The molecular formula is C16H19Br2NOS. The van der Waals surface area contributed by atoms with Crippen LogP contribution < -0.4 is 10.1 Å². The molecule has 0 saturated carbocycles. The van der Waals surface area contributed by atoms with Gasteiger partial charge in [-0.2, -0.15) is 0 Å². The maximum atomic E-state index is 5.91. The van der Waals surface area contributed by atoms with Gasteiger partial charge in [0.2, 0.25) is 0 Å². The molecule has 21 heavy (non-hydrogen) atoms. The normalized spacial score (nSPS) is 12.4. The Labute approximate surface area is 147 Å². The molecule has 0 aliphatic rings. The summed E-state index contributed by atoms with van der Waals surface area (Å²) in [7, 11) is 0. The highest BCUT2D eigenvalue weighted by Crippen LogP contribution is 2.39. The zero-order chi connectivity index (χ0) is 15.2. The van der Waals surface area contributed by atoms with Crippen LogP contribution in [0.5, 0.6) is 5.75 Å². The van der Waals surface area contributed by atoms with Gasteiger partial charge in [-0.15, -0.1) is 11.3 Å². The number of rotatable bonds is 7. The topological polar surface area (TPSA) is 21.3 Å². The molecule has 0 amide bonds. The van der Waals surface area contributed by atoms with Crippen molar-refractivity contribution < 1.29 is 4.74 Å². The number of para-hydroxylation sites is 1. The van der Waals surface area contributed by atoms with Crippen LogP contribution in [0.4, 0.5) is 0 Å². The molecule has 1 unspecified atom stereocenters. The molecule has 1 heterocycles. The zero-order valence-corrected chi connectivity index (χ0v) is 16.1. The Bertz CT molecular complexity index is 566. The molecule has 2 rings (SSSR count). The third-order valence-corrected chi connectivity index (χ3v) is 6.37. The van der Waals surface area contributed by atoms with Crippen molar-refractivity contribution in [3.63, 3.8) is 0 Å². The average Bonchev–Trinajstić information content (AvgIpc) is 2.82. The first-order valence-electron chi connectivity index (χ1n) is 7.07. The fraction of sp³-hybridized carbons (Fsp3) is 0.375. The van der Waals surface area contributed by atoms with Crippen LogP contribution in [-0.2, 0) is 0 Å². The monoisotopic (exact) mass is 431 g/mol. The molecule has 0 aliphatic heterocycles. The lowest BCUT2D eigenvalue weighted by Gasteiger charge is -2.20. The van der Waals surface area contributed by atoms with Crippen molar-refractivity contribution in [1.29, 1.82) is 0 Å². The van der Waals surface area contributed by atoms with Gasteiger partial charge < -0.3 is 10.1 Å². The van der Waals surface area contributed by atoms with E-state index in [1.807, 2.05) is 12.1 Å². The molecule has 5 heteroatoms. The van der Waals surface area contributed by atoms with Gasteiger partial charge in [0.15, 0.2) is 0 Å². The smallest absolute Gasteiger partial charge is 0.124 e. The van der Waals surface area contributed by atoms with Crippen LogP contribution in [0.25, 0.3) is 0 Å². The predicted molar refractivity (Wildman–Crippen MR) is 97.5 cm³/mol. The van der Waals surface area contributed by atoms with E-state index in [-0.39, 0.29) is 6.04 Å². The molecule has 1 N–H and O–H groups in total. The minimum atomic E-state index is 0.149. The minimum absolute atomic E-state index is 0.149. The maximum Gasteiger partial charge on any atom is 0.124 e. The number of benzene rings is 1. The largest absolute Gasteiger partial charge is 0.493 e. The Morgan fingerprint density at radius 1 is 1.24 bits per heavy atom. The van der Waals surface area contributed by atoms with E-state index >= 15 is 0 Å². The van der Waals surface area contributed by atoms with Gasteiger partial charge >= 0.3 is 0 Å². The van der Waals surface area contributed by atoms with Gasteiger partial charge in [-0.25, -0.2) is 0 Å². The highest BCUT2D eigenvalue weighted by Gasteiger charge is 2.20. The Kier molecular flexibility index (Phi) is 6.74. The van der Waals surface area contributed by atoms with E-state index in [1.165, 1.54) is 10.4 Å². The Hall–Kier alpha value is -0.360. The Morgan fingerprint density at radius 2 is 2.00 bits per heavy atom. The van der Waals surface area contributed by atoms with Crippen LogP contribution in [0.3, 0.4) is 0 Å². The van der Waals surface area contributed by atoms with Gasteiger partial charge in [0.25, 0.3) is 0 Å². The summed E-state index contributed by atoms with van der Waals surface area (Å²) in [4.78, 5) is 1.27. The van der Waals surface area contributed by atoms with E-state index in [9.17, 15) is 0 Å². The first-order chi connectivity index (χ1) is 10.2. The van der Waals surface area contributed by atoms with Crippen LogP contribution in [0, 0.1) is 0 Å². The van der Waals surface area contributed by atoms with E-state index in [0.29, 0.717) is 0 Å². The van der Waals surface area contributed by atoms with E-state index in [0.717, 1.165) is 33.6 Å². The van der Waals surface area contributed by atoms with Gasteiger partial charge in [-0.1, -0.05) is 32.0 Å². The van der Waals surface area contributed by atoms with Crippen molar-refractivity contribution >= 4 is 43.2 Å². The van der Waals surface area contributed by atoms with Crippen LogP contribution in [-0.4, -0.2) is 13.2 Å². The molecule has 2 aromatic rings. The molecule has 0 radical (unpaired) electrons. The van der Waals surface area contributed by atoms with Gasteiger partial charge in [-0.3, -0.25) is 0 Å². The first-order valence-corrected chi connectivity index (χ1v) is 9.47. The lowest BCUT2D eigenvalue weighted by atomic mass is 10.0. The second-order valence-corrected chi connectivity index (χ2v) is 7.90. The second kappa shape index (κ2) is 8.32. The first kappa shape index (κ1) is 17.0.